The lowest BCUT2D eigenvalue weighted by atomic mass is 9.96. The van der Waals surface area contributed by atoms with Gasteiger partial charge in [0, 0.05) is 4.47 Å². The molecule has 3 heteroatoms. The molecule has 100 valence electrons. The third-order valence-corrected chi connectivity index (χ3v) is 4.42. The lowest BCUT2D eigenvalue weighted by molar-refractivity contribution is 0.613. The van der Waals surface area contributed by atoms with Gasteiger partial charge in [-0.2, -0.15) is 0 Å². The van der Waals surface area contributed by atoms with Crippen molar-refractivity contribution >= 4 is 15.9 Å². The Morgan fingerprint density at radius 3 is 2.47 bits per heavy atom. The molecule has 19 heavy (non-hydrogen) atoms. The third kappa shape index (κ3) is 2.88. The van der Waals surface area contributed by atoms with Gasteiger partial charge < -0.3 is 5.32 Å². The summed E-state index contributed by atoms with van der Waals surface area (Å²) in [5.41, 5.74) is 4.08. The summed E-state index contributed by atoms with van der Waals surface area (Å²) in [7, 11) is 1.91. The molecule has 2 aromatic rings. The largest absolute Gasteiger partial charge is 0.309 e. The summed E-state index contributed by atoms with van der Waals surface area (Å²) in [6.45, 7) is 3.85. The maximum atomic E-state index is 13.4. The minimum atomic E-state index is -0.165. The number of hydrogen-bond donors (Lipinski definition) is 1. The van der Waals surface area contributed by atoms with Crippen LogP contribution >= 0.6 is 15.9 Å². The summed E-state index contributed by atoms with van der Waals surface area (Å²) < 4.78 is 14.5. The standard InChI is InChI=1S/C16H17BrFN/c1-10-5-4-6-13(15(10)17)16(19-3)12-7-8-14(18)11(2)9-12/h4-9,16,19H,1-3H3. The summed E-state index contributed by atoms with van der Waals surface area (Å²) in [5.74, 6) is -0.165. The van der Waals surface area contributed by atoms with E-state index < -0.39 is 0 Å². The van der Waals surface area contributed by atoms with Crippen LogP contribution in [0.3, 0.4) is 0 Å². The van der Waals surface area contributed by atoms with Crippen LogP contribution in [0.1, 0.15) is 28.3 Å². The molecule has 2 aromatic carbocycles. The van der Waals surface area contributed by atoms with Gasteiger partial charge in [0.2, 0.25) is 0 Å². The van der Waals surface area contributed by atoms with Gasteiger partial charge in [-0.15, -0.1) is 0 Å². The van der Waals surface area contributed by atoms with Crippen molar-refractivity contribution in [1.82, 2.24) is 5.32 Å². The third-order valence-electron chi connectivity index (χ3n) is 3.34. The lowest BCUT2D eigenvalue weighted by Gasteiger charge is -2.20. The van der Waals surface area contributed by atoms with Crippen LogP contribution in [0.2, 0.25) is 0 Å². The Hall–Kier alpha value is -1.19. The number of halogens is 2. The highest BCUT2D eigenvalue weighted by molar-refractivity contribution is 9.10. The van der Waals surface area contributed by atoms with Crippen LogP contribution in [0.15, 0.2) is 40.9 Å². The molecule has 0 saturated heterocycles. The Labute approximate surface area is 122 Å². The first-order valence-electron chi connectivity index (χ1n) is 6.23. The molecule has 0 radical (unpaired) electrons. The van der Waals surface area contributed by atoms with Crippen molar-refractivity contribution < 1.29 is 4.39 Å². The smallest absolute Gasteiger partial charge is 0.126 e. The minimum absolute atomic E-state index is 0.0496. The highest BCUT2D eigenvalue weighted by Gasteiger charge is 2.16. The predicted molar refractivity (Wildman–Crippen MR) is 80.9 cm³/mol. The van der Waals surface area contributed by atoms with E-state index in [1.807, 2.05) is 25.2 Å². The fourth-order valence-corrected chi connectivity index (χ4v) is 2.74. The molecule has 0 heterocycles. The average molecular weight is 322 g/mol. The summed E-state index contributed by atoms with van der Waals surface area (Å²) in [4.78, 5) is 0. The Morgan fingerprint density at radius 2 is 1.84 bits per heavy atom. The second-order valence-electron chi connectivity index (χ2n) is 4.71. The zero-order valence-electron chi connectivity index (χ0n) is 11.3. The van der Waals surface area contributed by atoms with E-state index in [-0.39, 0.29) is 11.9 Å². The molecule has 0 bridgehead atoms. The summed E-state index contributed by atoms with van der Waals surface area (Å²) in [5, 5.41) is 3.30. The van der Waals surface area contributed by atoms with E-state index in [1.165, 1.54) is 11.6 Å². The van der Waals surface area contributed by atoms with E-state index in [1.54, 1.807) is 6.92 Å². The molecule has 2 rings (SSSR count). The first-order chi connectivity index (χ1) is 9.04. The van der Waals surface area contributed by atoms with Crippen LogP contribution in [-0.4, -0.2) is 7.05 Å². The van der Waals surface area contributed by atoms with Crippen molar-refractivity contribution in [2.75, 3.05) is 7.05 Å². The number of benzene rings is 2. The van der Waals surface area contributed by atoms with Crippen molar-refractivity contribution in [3.8, 4) is 0 Å². The summed E-state index contributed by atoms with van der Waals surface area (Å²) >= 11 is 3.64. The van der Waals surface area contributed by atoms with Gasteiger partial charge in [-0.1, -0.05) is 46.3 Å². The Morgan fingerprint density at radius 1 is 1.11 bits per heavy atom. The van der Waals surface area contributed by atoms with E-state index in [0.29, 0.717) is 5.56 Å². The average Bonchev–Trinajstić information content (AvgIpc) is 2.39. The normalized spacial score (nSPS) is 12.5. The Balaban J connectivity index is 2.50. The van der Waals surface area contributed by atoms with Gasteiger partial charge >= 0.3 is 0 Å². The van der Waals surface area contributed by atoms with Gasteiger partial charge in [0.1, 0.15) is 5.82 Å². The van der Waals surface area contributed by atoms with Crippen molar-refractivity contribution in [2.24, 2.45) is 0 Å². The van der Waals surface area contributed by atoms with Gasteiger partial charge in [0.05, 0.1) is 6.04 Å². The van der Waals surface area contributed by atoms with E-state index in [0.717, 1.165) is 15.6 Å². The lowest BCUT2D eigenvalue weighted by Crippen LogP contribution is -2.18. The van der Waals surface area contributed by atoms with Crippen LogP contribution in [0, 0.1) is 19.7 Å². The quantitative estimate of drug-likeness (QED) is 0.876. The molecule has 0 spiro atoms. The van der Waals surface area contributed by atoms with Gasteiger partial charge in [-0.3, -0.25) is 0 Å². The number of nitrogens with one attached hydrogen (secondary N) is 1. The number of hydrogen-bond acceptors (Lipinski definition) is 1. The zero-order valence-corrected chi connectivity index (χ0v) is 12.9. The van der Waals surface area contributed by atoms with E-state index >= 15 is 0 Å². The minimum Gasteiger partial charge on any atom is -0.309 e. The van der Waals surface area contributed by atoms with E-state index in [9.17, 15) is 4.39 Å². The maximum Gasteiger partial charge on any atom is 0.126 e. The molecule has 1 N–H and O–H groups in total. The molecular formula is C16H17BrFN. The zero-order chi connectivity index (χ0) is 14.0. The highest BCUT2D eigenvalue weighted by atomic mass is 79.9. The highest BCUT2D eigenvalue weighted by Crippen LogP contribution is 2.31. The molecule has 1 unspecified atom stereocenters. The van der Waals surface area contributed by atoms with Gasteiger partial charge in [-0.25, -0.2) is 4.39 Å². The van der Waals surface area contributed by atoms with Crippen molar-refractivity contribution in [3.63, 3.8) is 0 Å². The van der Waals surface area contributed by atoms with Gasteiger partial charge in [0.15, 0.2) is 0 Å². The van der Waals surface area contributed by atoms with Crippen molar-refractivity contribution in [2.45, 2.75) is 19.9 Å². The molecule has 0 amide bonds. The number of rotatable bonds is 3. The Kier molecular flexibility index (Phi) is 4.38. The molecule has 0 aliphatic heterocycles. The maximum absolute atomic E-state index is 13.4. The van der Waals surface area contributed by atoms with Crippen LogP contribution in [0.4, 0.5) is 4.39 Å². The van der Waals surface area contributed by atoms with E-state index in [2.05, 4.69) is 40.3 Å². The van der Waals surface area contributed by atoms with Crippen LogP contribution < -0.4 is 5.32 Å². The van der Waals surface area contributed by atoms with Crippen LogP contribution in [0.25, 0.3) is 0 Å². The molecule has 1 nitrogen and oxygen atoms in total. The van der Waals surface area contributed by atoms with Crippen LogP contribution in [-0.2, 0) is 0 Å². The number of aryl methyl sites for hydroxylation is 2. The van der Waals surface area contributed by atoms with E-state index in [4.69, 9.17) is 0 Å². The predicted octanol–water partition coefficient (Wildman–Crippen LogP) is 4.51. The first kappa shape index (κ1) is 14.2. The molecule has 0 aliphatic rings. The first-order valence-corrected chi connectivity index (χ1v) is 7.02. The molecule has 0 aromatic heterocycles. The second-order valence-corrected chi connectivity index (χ2v) is 5.50. The Bertz CT molecular complexity index is 595. The molecule has 1 atom stereocenters. The van der Waals surface area contributed by atoms with Crippen LogP contribution in [0.5, 0.6) is 0 Å². The summed E-state index contributed by atoms with van der Waals surface area (Å²) in [6, 6.07) is 11.5. The van der Waals surface area contributed by atoms with Crippen molar-refractivity contribution in [1.29, 1.82) is 0 Å². The monoisotopic (exact) mass is 321 g/mol. The fourth-order valence-electron chi connectivity index (χ4n) is 2.24. The van der Waals surface area contributed by atoms with Gasteiger partial charge in [0.25, 0.3) is 0 Å². The van der Waals surface area contributed by atoms with Crippen molar-refractivity contribution in [3.05, 3.63) is 68.9 Å². The molecule has 0 aliphatic carbocycles. The molecular weight excluding hydrogens is 305 g/mol. The SMILES string of the molecule is CNC(c1ccc(F)c(C)c1)c1cccc(C)c1Br. The second kappa shape index (κ2) is 5.85. The topological polar surface area (TPSA) is 12.0 Å². The fraction of sp³-hybridized carbons (Fsp3) is 0.250. The summed E-state index contributed by atoms with van der Waals surface area (Å²) in [6.07, 6.45) is 0. The van der Waals surface area contributed by atoms with Gasteiger partial charge in [-0.05, 0) is 49.2 Å². The molecule has 0 fully saturated rings. The molecule has 0 saturated carbocycles.